The van der Waals surface area contributed by atoms with Crippen molar-refractivity contribution >= 4 is 12.0 Å². The Morgan fingerprint density at radius 3 is 2.76 bits per heavy atom. The summed E-state index contributed by atoms with van der Waals surface area (Å²) in [7, 11) is 0. The monoisotopic (exact) mass is 396 g/mol. The van der Waals surface area contributed by atoms with E-state index in [1.165, 1.54) is 17.7 Å². The van der Waals surface area contributed by atoms with Crippen LogP contribution < -0.4 is 5.32 Å². The molecule has 1 N–H and O–H groups in total. The summed E-state index contributed by atoms with van der Waals surface area (Å²) in [6.07, 6.45) is -0.331. The van der Waals surface area contributed by atoms with Crippen LogP contribution in [0.15, 0.2) is 48.5 Å². The number of carbonyl (C=O) groups excluding carboxylic acids is 2. The molecule has 7 heteroatoms. The zero-order valence-corrected chi connectivity index (χ0v) is 15.7. The fraction of sp³-hybridized carbons (Fsp3) is 0.364. The average molecular weight is 396 g/mol. The van der Waals surface area contributed by atoms with Crippen molar-refractivity contribution < 1.29 is 23.5 Å². The van der Waals surface area contributed by atoms with E-state index in [0.717, 1.165) is 17.5 Å². The minimum Gasteiger partial charge on any atom is -0.442 e. The first kappa shape index (κ1) is 18.1. The molecule has 150 valence electrons. The van der Waals surface area contributed by atoms with Crippen LogP contribution in [-0.2, 0) is 20.7 Å². The molecule has 3 aliphatic rings. The van der Waals surface area contributed by atoms with Gasteiger partial charge in [-0.05, 0) is 35.2 Å². The molecule has 2 aromatic carbocycles. The summed E-state index contributed by atoms with van der Waals surface area (Å²) in [5.74, 6) is -0.428. The Hall–Kier alpha value is -2.93. The van der Waals surface area contributed by atoms with Crippen molar-refractivity contribution in [2.24, 2.45) is 0 Å². The highest BCUT2D eigenvalue weighted by molar-refractivity contribution is 5.83. The van der Waals surface area contributed by atoms with Crippen LogP contribution in [-0.4, -0.2) is 48.3 Å². The molecule has 6 nitrogen and oxygen atoms in total. The Morgan fingerprint density at radius 1 is 1.14 bits per heavy atom. The Balaban J connectivity index is 1.45. The fourth-order valence-electron chi connectivity index (χ4n) is 4.53. The molecule has 2 saturated heterocycles. The van der Waals surface area contributed by atoms with Gasteiger partial charge in [0.25, 0.3) is 5.91 Å². The van der Waals surface area contributed by atoms with Crippen molar-refractivity contribution in [2.75, 3.05) is 13.2 Å². The molecular formula is C22H21FN2O4. The van der Waals surface area contributed by atoms with E-state index in [1.807, 2.05) is 23.1 Å². The van der Waals surface area contributed by atoms with Crippen LogP contribution in [0.2, 0.25) is 0 Å². The Bertz CT molecular complexity index is 948. The summed E-state index contributed by atoms with van der Waals surface area (Å²) < 4.78 is 24.4. The summed E-state index contributed by atoms with van der Waals surface area (Å²) in [6.45, 7) is 0.750. The second-order valence-electron chi connectivity index (χ2n) is 7.69. The van der Waals surface area contributed by atoms with Crippen LogP contribution in [0, 0.1) is 5.82 Å². The summed E-state index contributed by atoms with van der Waals surface area (Å²) in [5, 5.41) is 2.75. The SMILES string of the molecule is O=C1N[C@H]2C[C@H](C(=O)N3CCc4ccccc4[C@@H]3c3ccc(F)cc3)OC[C@H]2O1. The molecule has 29 heavy (non-hydrogen) atoms. The molecule has 4 atom stereocenters. The van der Waals surface area contributed by atoms with Crippen LogP contribution in [0.4, 0.5) is 9.18 Å². The fourth-order valence-corrected chi connectivity index (χ4v) is 4.53. The first-order chi connectivity index (χ1) is 14.1. The molecule has 2 aromatic rings. The van der Waals surface area contributed by atoms with E-state index in [1.54, 1.807) is 12.1 Å². The third-order valence-electron chi connectivity index (χ3n) is 5.97. The maximum atomic E-state index is 13.5. The number of fused-ring (bicyclic) bond motifs is 2. The van der Waals surface area contributed by atoms with E-state index < -0.39 is 12.2 Å². The van der Waals surface area contributed by atoms with E-state index >= 15 is 0 Å². The molecule has 0 spiro atoms. The number of alkyl carbamates (subject to hydrolysis) is 1. The summed E-state index contributed by atoms with van der Waals surface area (Å²) in [5.41, 5.74) is 3.09. The Kier molecular flexibility index (Phi) is 4.47. The van der Waals surface area contributed by atoms with E-state index in [0.29, 0.717) is 13.0 Å². The summed E-state index contributed by atoms with van der Waals surface area (Å²) in [6, 6.07) is 13.8. The van der Waals surface area contributed by atoms with Gasteiger partial charge in [0, 0.05) is 13.0 Å². The lowest BCUT2D eigenvalue weighted by Gasteiger charge is -2.40. The van der Waals surface area contributed by atoms with Crippen molar-refractivity contribution in [1.82, 2.24) is 10.2 Å². The number of amides is 2. The predicted molar refractivity (Wildman–Crippen MR) is 102 cm³/mol. The highest BCUT2D eigenvalue weighted by atomic mass is 19.1. The smallest absolute Gasteiger partial charge is 0.407 e. The van der Waals surface area contributed by atoms with Crippen LogP contribution in [0.3, 0.4) is 0 Å². The standard InChI is InChI=1S/C22H21FN2O4/c23-15-7-5-14(6-8-15)20-16-4-2-1-3-13(16)9-10-25(20)21(26)18-11-17-19(12-28-18)29-22(27)24-17/h1-8,17-20H,9-12H2,(H,24,27)/t17-,18+,19+,20-/m0/s1. The van der Waals surface area contributed by atoms with E-state index in [-0.39, 0.29) is 36.5 Å². The highest BCUT2D eigenvalue weighted by Gasteiger charge is 2.44. The lowest BCUT2D eigenvalue weighted by Crippen LogP contribution is -2.52. The van der Waals surface area contributed by atoms with Gasteiger partial charge in [-0.25, -0.2) is 9.18 Å². The molecule has 0 bridgehead atoms. The molecule has 3 aliphatic heterocycles. The lowest BCUT2D eigenvalue weighted by molar-refractivity contribution is -0.153. The third-order valence-corrected chi connectivity index (χ3v) is 5.97. The van der Waals surface area contributed by atoms with Crippen LogP contribution in [0.25, 0.3) is 0 Å². The minimum atomic E-state index is -0.647. The van der Waals surface area contributed by atoms with E-state index in [9.17, 15) is 14.0 Å². The number of ether oxygens (including phenoxy) is 2. The van der Waals surface area contributed by atoms with E-state index in [4.69, 9.17) is 9.47 Å². The third kappa shape index (κ3) is 3.25. The summed E-state index contributed by atoms with van der Waals surface area (Å²) in [4.78, 5) is 26.7. The molecule has 0 radical (unpaired) electrons. The molecule has 2 fully saturated rings. The number of hydrogen-bond donors (Lipinski definition) is 1. The maximum Gasteiger partial charge on any atom is 0.407 e. The number of nitrogens with one attached hydrogen (secondary N) is 1. The molecular weight excluding hydrogens is 375 g/mol. The van der Waals surface area contributed by atoms with Crippen molar-refractivity contribution in [2.45, 2.75) is 37.1 Å². The van der Waals surface area contributed by atoms with E-state index in [2.05, 4.69) is 11.4 Å². The topological polar surface area (TPSA) is 67.9 Å². The first-order valence-corrected chi connectivity index (χ1v) is 9.82. The second kappa shape index (κ2) is 7.15. The van der Waals surface area contributed by atoms with Gasteiger partial charge < -0.3 is 19.7 Å². The number of benzene rings is 2. The predicted octanol–water partition coefficient (Wildman–Crippen LogP) is 2.57. The molecule has 2 amide bonds. The molecule has 3 heterocycles. The zero-order valence-electron chi connectivity index (χ0n) is 15.7. The number of hydrogen-bond acceptors (Lipinski definition) is 4. The minimum absolute atomic E-state index is 0.117. The average Bonchev–Trinajstić information content (AvgIpc) is 3.12. The Labute approximate surface area is 167 Å². The molecule has 0 aliphatic carbocycles. The van der Waals surface area contributed by atoms with Gasteiger partial charge in [0.15, 0.2) is 0 Å². The van der Waals surface area contributed by atoms with Crippen molar-refractivity contribution in [3.05, 3.63) is 71.0 Å². The molecule has 0 unspecified atom stereocenters. The quantitative estimate of drug-likeness (QED) is 0.847. The highest BCUT2D eigenvalue weighted by Crippen LogP contribution is 2.36. The van der Waals surface area contributed by atoms with Crippen LogP contribution >= 0.6 is 0 Å². The van der Waals surface area contributed by atoms with Gasteiger partial charge in [0.1, 0.15) is 18.0 Å². The van der Waals surface area contributed by atoms with Crippen LogP contribution in [0.1, 0.15) is 29.2 Å². The molecule has 5 rings (SSSR count). The van der Waals surface area contributed by atoms with Gasteiger partial charge in [-0.2, -0.15) is 0 Å². The largest absolute Gasteiger partial charge is 0.442 e. The lowest BCUT2D eigenvalue weighted by atomic mass is 9.87. The van der Waals surface area contributed by atoms with Gasteiger partial charge in [-0.15, -0.1) is 0 Å². The zero-order chi connectivity index (χ0) is 20.0. The maximum absolute atomic E-state index is 13.5. The van der Waals surface area contributed by atoms with Gasteiger partial charge >= 0.3 is 6.09 Å². The second-order valence-corrected chi connectivity index (χ2v) is 7.69. The molecule has 0 saturated carbocycles. The van der Waals surface area contributed by atoms with Gasteiger partial charge in [0.05, 0.1) is 18.7 Å². The Morgan fingerprint density at radius 2 is 1.93 bits per heavy atom. The normalized spacial score (nSPS) is 28.2. The van der Waals surface area contributed by atoms with Gasteiger partial charge in [0.2, 0.25) is 0 Å². The van der Waals surface area contributed by atoms with Crippen molar-refractivity contribution in [3.63, 3.8) is 0 Å². The van der Waals surface area contributed by atoms with Gasteiger partial charge in [-0.1, -0.05) is 36.4 Å². The first-order valence-electron chi connectivity index (χ1n) is 9.82. The van der Waals surface area contributed by atoms with Crippen LogP contribution in [0.5, 0.6) is 0 Å². The number of rotatable bonds is 2. The van der Waals surface area contributed by atoms with Crippen molar-refractivity contribution in [1.29, 1.82) is 0 Å². The number of nitrogens with zero attached hydrogens (tertiary/aromatic N) is 1. The van der Waals surface area contributed by atoms with Crippen molar-refractivity contribution in [3.8, 4) is 0 Å². The number of halogens is 1. The summed E-state index contributed by atoms with van der Waals surface area (Å²) >= 11 is 0. The number of carbonyl (C=O) groups is 2. The molecule has 0 aromatic heterocycles. The van der Waals surface area contributed by atoms with Gasteiger partial charge in [-0.3, -0.25) is 4.79 Å².